The first-order chi connectivity index (χ1) is 14.5. The molecule has 2 rings (SSSR count). The zero-order valence-corrected chi connectivity index (χ0v) is 18.6. The average molecular weight is 482 g/mol. The lowest BCUT2D eigenvalue weighted by Crippen LogP contribution is -2.24. The molecule has 2 aromatic carbocycles. The number of rotatable bonds is 14. The molecular weight excluding hydrogens is 454 g/mol. The summed E-state index contributed by atoms with van der Waals surface area (Å²) in [6.45, 7) is 5.87. The van der Waals surface area contributed by atoms with Crippen LogP contribution >= 0.6 is 15.9 Å². The summed E-state index contributed by atoms with van der Waals surface area (Å²) in [6.07, 6.45) is 0.965. The Kier molecular flexibility index (Phi) is 10.6. The third kappa shape index (κ3) is 7.91. The summed E-state index contributed by atoms with van der Waals surface area (Å²) in [5.41, 5.74) is 1.95. The summed E-state index contributed by atoms with van der Waals surface area (Å²) in [6, 6.07) is 10.1. The molecule has 0 aromatic heterocycles. The van der Waals surface area contributed by atoms with Crippen molar-refractivity contribution in [3.63, 3.8) is 0 Å². The van der Waals surface area contributed by atoms with Gasteiger partial charge in [-0.2, -0.15) is 0 Å². The molecule has 0 saturated heterocycles. The van der Waals surface area contributed by atoms with Crippen molar-refractivity contribution in [2.24, 2.45) is 0 Å². The van der Waals surface area contributed by atoms with Crippen LogP contribution in [-0.2, 0) is 13.2 Å². The third-order valence-electron chi connectivity index (χ3n) is 4.27. The van der Waals surface area contributed by atoms with Gasteiger partial charge in [-0.25, -0.2) is 0 Å². The average Bonchev–Trinajstić information content (AvgIpc) is 2.74. The minimum atomic E-state index is -0.423. The highest BCUT2D eigenvalue weighted by atomic mass is 79.9. The molecule has 0 unspecified atom stereocenters. The van der Waals surface area contributed by atoms with Crippen LogP contribution in [0.5, 0.6) is 11.5 Å². The van der Waals surface area contributed by atoms with Crippen molar-refractivity contribution >= 4 is 21.6 Å². The Labute approximate surface area is 184 Å². The molecule has 2 aromatic rings. The second-order valence-corrected chi connectivity index (χ2v) is 7.39. The molecule has 9 heteroatoms. The maximum absolute atomic E-state index is 10.8. The van der Waals surface area contributed by atoms with Gasteiger partial charge >= 0.3 is 0 Å². The zero-order valence-electron chi connectivity index (χ0n) is 17.0. The molecule has 0 aliphatic carbocycles. The fourth-order valence-corrected chi connectivity index (χ4v) is 3.20. The van der Waals surface area contributed by atoms with Crippen LogP contribution in [0.25, 0.3) is 0 Å². The van der Waals surface area contributed by atoms with Crippen LogP contribution in [0.15, 0.2) is 40.9 Å². The molecule has 164 valence electrons. The highest BCUT2D eigenvalue weighted by molar-refractivity contribution is 9.10. The Balaban J connectivity index is 1.95. The van der Waals surface area contributed by atoms with Crippen molar-refractivity contribution in [1.82, 2.24) is 10.6 Å². The molecular formula is C21H28BrN3O5. The summed E-state index contributed by atoms with van der Waals surface area (Å²) in [7, 11) is 0. The number of halogens is 1. The molecule has 0 amide bonds. The van der Waals surface area contributed by atoms with E-state index in [-0.39, 0.29) is 18.9 Å². The molecule has 30 heavy (non-hydrogen) atoms. The fraction of sp³-hybridized carbons (Fsp3) is 0.429. The lowest BCUT2D eigenvalue weighted by Gasteiger charge is -2.15. The Bertz CT molecular complexity index is 802. The van der Waals surface area contributed by atoms with Crippen LogP contribution in [0.4, 0.5) is 5.69 Å². The predicted octanol–water partition coefficient (Wildman–Crippen LogP) is 3.40. The number of non-ortho nitro benzene ring substituents is 1. The first-order valence-electron chi connectivity index (χ1n) is 9.88. The minimum absolute atomic E-state index is 0.0533. The van der Waals surface area contributed by atoms with E-state index in [9.17, 15) is 10.1 Å². The fourth-order valence-electron chi connectivity index (χ4n) is 2.73. The largest absolute Gasteiger partial charge is 0.490 e. The van der Waals surface area contributed by atoms with E-state index in [2.05, 4.69) is 26.6 Å². The van der Waals surface area contributed by atoms with Crippen molar-refractivity contribution in [3.05, 3.63) is 62.1 Å². The maximum Gasteiger partial charge on any atom is 0.269 e. The maximum atomic E-state index is 10.8. The number of hydrogen-bond acceptors (Lipinski definition) is 7. The van der Waals surface area contributed by atoms with Gasteiger partial charge in [0.15, 0.2) is 11.5 Å². The van der Waals surface area contributed by atoms with Crippen LogP contribution in [-0.4, -0.2) is 42.9 Å². The molecule has 3 N–H and O–H groups in total. The number of nitrogens with one attached hydrogen (secondary N) is 2. The van der Waals surface area contributed by atoms with Gasteiger partial charge in [0.1, 0.15) is 6.61 Å². The molecule has 0 atom stereocenters. The second kappa shape index (κ2) is 13.2. The highest BCUT2D eigenvalue weighted by Crippen LogP contribution is 2.34. The van der Waals surface area contributed by atoms with Crippen LogP contribution in [0, 0.1) is 10.1 Å². The Morgan fingerprint density at radius 2 is 1.77 bits per heavy atom. The lowest BCUT2D eigenvalue weighted by atomic mass is 10.2. The van der Waals surface area contributed by atoms with Gasteiger partial charge in [0.2, 0.25) is 0 Å². The summed E-state index contributed by atoms with van der Waals surface area (Å²) in [4.78, 5) is 10.3. The van der Waals surface area contributed by atoms with E-state index in [1.807, 2.05) is 19.1 Å². The number of nitro benzene ring substituents is 1. The molecule has 0 heterocycles. The van der Waals surface area contributed by atoms with Gasteiger partial charge in [-0.15, -0.1) is 0 Å². The molecule has 0 aliphatic rings. The Morgan fingerprint density at radius 3 is 2.43 bits per heavy atom. The molecule has 0 fully saturated rings. The van der Waals surface area contributed by atoms with E-state index >= 15 is 0 Å². The van der Waals surface area contributed by atoms with Gasteiger partial charge < -0.3 is 25.2 Å². The minimum Gasteiger partial charge on any atom is -0.490 e. The molecule has 0 radical (unpaired) electrons. The number of hydrogen-bond donors (Lipinski definition) is 3. The van der Waals surface area contributed by atoms with Crippen LogP contribution in [0.3, 0.4) is 0 Å². The van der Waals surface area contributed by atoms with Gasteiger partial charge in [0.25, 0.3) is 5.69 Å². The molecule has 8 nitrogen and oxygen atoms in total. The quantitative estimate of drug-likeness (QED) is 0.215. The normalized spacial score (nSPS) is 10.8. The van der Waals surface area contributed by atoms with Crippen LogP contribution in [0.2, 0.25) is 0 Å². The van der Waals surface area contributed by atoms with Crippen molar-refractivity contribution in [1.29, 1.82) is 0 Å². The molecule has 0 spiro atoms. The highest BCUT2D eigenvalue weighted by Gasteiger charge is 2.12. The lowest BCUT2D eigenvalue weighted by molar-refractivity contribution is -0.384. The first-order valence-corrected chi connectivity index (χ1v) is 10.7. The van der Waals surface area contributed by atoms with E-state index in [1.165, 1.54) is 12.1 Å². The zero-order chi connectivity index (χ0) is 21.8. The number of aliphatic hydroxyl groups excluding tert-OH is 1. The van der Waals surface area contributed by atoms with Crippen molar-refractivity contribution in [3.8, 4) is 11.5 Å². The van der Waals surface area contributed by atoms with Gasteiger partial charge in [-0.05, 0) is 61.8 Å². The summed E-state index contributed by atoms with van der Waals surface area (Å²) >= 11 is 3.60. The number of nitro groups is 1. The topological polar surface area (TPSA) is 106 Å². The summed E-state index contributed by atoms with van der Waals surface area (Å²) < 4.78 is 12.6. The van der Waals surface area contributed by atoms with E-state index < -0.39 is 4.92 Å². The van der Waals surface area contributed by atoms with Crippen molar-refractivity contribution < 1.29 is 19.5 Å². The number of ether oxygens (including phenoxy) is 2. The van der Waals surface area contributed by atoms with E-state index in [0.29, 0.717) is 31.2 Å². The monoisotopic (exact) mass is 481 g/mol. The van der Waals surface area contributed by atoms with Crippen molar-refractivity contribution in [2.45, 2.75) is 26.5 Å². The van der Waals surface area contributed by atoms with Crippen LogP contribution in [0.1, 0.15) is 24.5 Å². The Hall–Kier alpha value is -2.20. The Morgan fingerprint density at radius 1 is 1.07 bits per heavy atom. The summed E-state index contributed by atoms with van der Waals surface area (Å²) in [5.74, 6) is 1.27. The molecule has 0 aliphatic heterocycles. The first kappa shape index (κ1) is 24.1. The van der Waals surface area contributed by atoms with Gasteiger partial charge in [-0.1, -0.05) is 15.9 Å². The van der Waals surface area contributed by atoms with E-state index in [1.54, 1.807) is 12.1 Å². The van der Waals surface area contributed by atoms with Crippen molar-refractivity contribution in [2.75, 3.05) is 32.8 Å². The standard InChI is InChI=1S/C21H28BrN3O5/c1-2-29-20-12-17(14-24-9-3-8-23-10-11-26)19(22)13-21(20)30-15-16-4-6-18(7-5-16)25(27)28/h4-7,12-13,23-24,26H,2-3,8-11,14-15H2,1H3. The SMILES string of the molecule is CCOc1cc(CNCCCNCCO)c(Br)cc1OCc1ccc([N+](=O)[O-])cc1. The van der Waals surface area contributed by atoms with E-state index in [0.717, 1.165) is 35.1 Å². The third-order valence-corrected chi connectivity index (χ3v) is 5.00. The predicted molar refractivity (Wildman–Crippen MR) is 119 cm³/mol. The second-order valence-electron chi connectivity index (χ2n) is 6.54. The van der Waals surface area contributed by atoms with E-state index in [4.69, 9.17) is 14.6 Å². The van der Waals surface area contributed by atoms with Gasteiger partial charge in [-0.3, -0.25) is 10.1 Å². The summed E-state index contributed by atoms with van der Waals surface area (Å²) in [5, 5.41) is 26.1. The number of nitrogens with zero attached hydrogens (tertiary/aromatic N) is 1. The molecule has 0 bridgehead atoms. The number of aliphatic hydroxyl groups is 1. The number of benzene rings is 2. The van der Waals surface area contributed by atoms with Gasteiger partial charge in [0, 0.05) is 29.7 Å². The van der Waals surface area contributed by atoms with Crippen LogP contribution < -0.4 is 20.1 Å². The smallest absolute Gasteiger partial charge is 0.269 e. The van der Waals surface area contributed by atoms with Gasteiger partial charge in [0.05, 0.1) is 18.1 Å². The molecule has 0 saturated carbocycles.